The number of halogens is 2. The molecule has 0 spiro atoms. The summed E-state index contributed by atoms with van der Waals surface area (Å²) < 4.78 is 26.4. The topological polar surface area (TPSA) is 69.6 Å². The van der Waals surface area contributed by atoms with Crippen LogP contribution in [-0.4, -0.2) is 35.6 Å². The first-order valence-electron chi connectivity index (χ1n) is 8.22. The minimum absolute atomic E-state index is 0.243. The van der Waals surface area contributed by atoms with E-state index in [9.17, 15) is 23.5 Å². The number of carbonyl (C=O) groups is 2. The number of carbonyl (C=O) groups excluding carboxylic acids is 2. The van der Waals surface area contributed by atoms with Crippen LogP contribution < -0.4 is 10.2 Å². The zero-order chi connectivity index (χ0) is 17.3. The molecule has 1 heterocycles. The van der Waals surface area contributed by atoms with E-state index in [-0.39, 0.29) is 18.3 Å². The smallest absolute Gasteiger partial charge is 0.239 e. The lowest BCUT2D eigenvalue weighted by molar-refractivity contribution is -0.133. The Kier molecular flexibility index (Phi) is 4.80. The molecule has 1 saturated carbocycles. The predicted molar refractivity (Wildman–Crippen MR) is 83.2 cm³/mol. The average Bonchev–Trinajstić information content (AvgIpc) is 2.94. The van der Waals surface area contributed by atoms with Gasteiger partial charge in [-0.25, -0.2) is 8.78 Å². The Morgan fingerprint density at radius 2 is 1.92 bits per heavy atom. The summed E-state index contributed by atoms with van der Waals surface area (Å²) in [7, 11) is 0. The standard InChI is InChI=1S/C17H20F2N2O3/c18-12-6-5-10(9-13(12)19)21-8-7-11(17(21)24)16(23)20-14-3-1-2-4-15(14)22/h5-6,9,11,14-15,22H,1-4,7-8H2,(H,20,23). The van der Waals surface area contributed by atoms with Crippen LogP contribution in [0.15, 0.2) is 18.2 Å². The first kappa shape index (κ1) is 16.8. The average molecular weight is 338 g/mol. The van der Waals surface area contributed by atoms with Gasteiger partial charge in [-0.2, -0.15) is 0 Å². The van der Waals surface area contributed by atoms with E-state index in [1.807, 2.05) is 0 Å². The maximum absolute atomic E-state index is 13.3. The maximum atomic E-state index is 13.3. The molecule has 3 rings (SSSR count). The van der Waals surface area contributed by atoms with Crippen molar-refractivity contribution in [3.8, 4) is 0 Å². The van der Waals surface area contributed by atoms with E-state index in [1.54, 1.807) is 0 Å². The van der Waals surface area contributed by atoms with Crippen LogP contribution in [0.2, 0.25) is 0 Å². The molecule has 2 fully saturated rings. The first-order chi connectivity index (χ1) is 11.5. The SMILES string of the molecule is O=C(NC1CCCCC1O)C1CCN(c2ccc(F)c(F)c2)C1=O. The number of anilines is 1. The number of nitrogens with one attached hydrogen (secondary N) is 1. The molecular weight excluding hydrogens is 318 g/mol. The molecule has 2 aliphatic rings. The molecule has 1 aliphatic heterocycles. The molecule has 1 aliphatic carbocycles. The lowest BCUT2D eigenvalue weighted by Crippen LogP contribution is -2.48. The molecular formula is C17H20F2N2O3. The van der Waals surface area contributed by atoms with Crippen LogP contribution in [-0.2, 0) is 9.59 Å². The van der Waals surface area contributed by atoms with Gasteiger partial charge in [0.15, 0.2) is 11.6 Å². The Morgan fingerprint density at radius 1 is 1.17 bits per heavy atom. The van der Waals surface area contributed by atoms with Gasteiger partial charge in [-0.3, -0.25) is 9.59 Å². The largest absolute Gasteiger partial charge is 0.391 e. The van der Waals surface area contributed by atoms with Crippen molar-refractivity contribution < 1.29 is 23.5 Å². The number of benzene rings is 1. The minimum atomic E-state index is -1.03. The van der Waals surface area contributed by atoms with Crippen LogP contribution in [0.1, 0.15) is 32.1 Å². The summed E-state index contributed by atoms with van der Waals surface area (Å²) in [4.78, 5) is 26.1. The minimum Gasteiger partial charge on any atom is -0.391 e. The Morgan fingerprint density at radius 3 is 2.62 bits per heavy atom. The fourth-order valence-corrected chi connectivity index (χ4v) is 3.40. The van der Waals surface area contributed by atoms with Crippen LogP contribution >= 0.6 is 0 Å². The molecule has 0 aromatic heterocycles. The monoisotopic (exact) mass is 338 g/mol. The highest BCUT2D eigenvalue weighted by atomic mass is 19.2. The number of nitrogens with zero attached hydrogens (tertiary/aromatic N) is 1. The van der Waals surface area contributed by atoms with E-state index in [1.165, 1.54) is 11.0 Å². The van der Waals surface area contributed by atoms with E-state index in [4.69, 9.17) is 0 Å². The third-order valence-electron chi connectivity index (χ3n) is 4.79. The third kappa shape index (κ3) is 3.26. The van der Waals surface area contributed by atoms with Crippen molar-refractivity contribution in [1.82, 2.24) is 5.32 Å². The van der Waals surface area contributed by atoms with E-state index < -0.39 is 35.5 Å². The van der Waals surface area contributed by atoms with E-state index in [2.05, 4.69) is 5.32 Å². The second-order valence-electron chi connectivity index (χ2n) is 6.40. The summed E-state index contributed by atoms with van der Waals surface area (Å²) >= 11 is 0. The van der Waals surface area contributed by atoms with Crippen molar-refractivity contribution >= 4 is 17.5 Å². The van der Waals surface area contributed by atoms with Crippen molar-refractivity contribution in [3.63, 3.8) is 0 Å². The summed E-state index contributed by atoms with van der Waals surface area (Å²) in [6.07, 6.45) is 2.93. The fourth-order valence-electron chi connectivity index (χ4n) is 3.40. The van der Waals surface area contributed by atoms with Crippen molar-refractivity contribution in [2.45, 2.75) is 44.2 Å². The molecule has 1 saturated heterocycles. The Hall–Kier alpha value is -2.02. The van der Waals surface area contributed by atoms with Gasteiger partial charge in [0.25, 0.3) is 0 Å². The van der Waals surface area contributed by atoms with E-state index in [0.29, 0.717) is 19.3 Å². The lowest BCUT2D eigenvalue weighted by Gasteiger charge is -2.29. The molecule has 1 aromatic carbocycles. The highest BCUT2D eigenvalue weighted by Crippen LogP contribution is 2.27. The number of hydrogen-bond donors (Lipinski definition) is 2. The molecule has 5 nitrogen and oxygen atoms in total. The van der Waals surface area contributed by atoms with Gasteiger partial charge in [0.2, 0.25) is 11.8 Å². The molecule has 24 heavy (non-hydrogen) atoms. The van der Waals surface area contributed by atoms with Crippen molar-refractivity contribution in [2.75, 3.05) is 11.4 Å². The normalized spacial score (nSPS) is 27.4. The molecule has 3 atom stereocenters. The summed E-state index contributed by atoms with van der Waals surface area (Å²) in [6.45, 7) is 0.273. The quantitative estimate of drug-likeness (QED) is 0.825. The molecule has 2 N–H and O–H groups in total. The van der Waals surface area contributed by atoms with Gasteiger partial charge in [0, 0.05) is 18.3 Å². The number of hydrogen-bond acceptors (Lipinski definition) is 3. The summed E-state index contributed by atoms with van der Waals surface area (Å²) in [5.74, 6) is -3.70. The second-order valence-corrected chi connectivity index (χ2v) is 6.40. The van der Waals surface area contributed by atoms with E-state index in [0.717, 1.165) is 25.0 Å². The van der Waals surface area contributed by atoms with Gasteiger partial charge in [-0.1, -0.05) is 12.8 Å². The van der Waals surface area contributed by atoms with Crippen LogP contribution in [0.5, 0.6) is 0 Å². The van der Waals surface area contributed by atoms with Crippen LogP contribution in [0, 0.1) is 17.6 Å². The zero-order valence-electron chi connectivity index (χ0n) is 13.2. The van der Waals surface area contributed by atoms with Crippen molar-refractivity contribution in [1.29, 1.82) is 0 Å². The van der Waals surface area contributed by atoms with Gasteiger partial charge in [0.05, 0.1) is 12.1 Å². The molecule has 3 unspecified atom stereocenters. The maximum Gasteiger partial charge on any atom is 0.239 e. The van der Waals surface area contributed by atoms with Gasteiger partial charge >= 0.3 is 0 Å². The second kappa shape index (κ2) is 6.84. The summed E-state index contributed by atoms with van der Waals surface area (Å²) in [6, 6.07) is 2.92. The van der Waals surface area contributed by atoms with Crippen LogP contribution in [0.25, 0.3) is 0 Å². The molecule has 2 amide bonds. The molecule has 7 heteroatoms. The van der Waals surface area contributed by atoms with Crippen LogP contribution in [0.3, 0.4) is 0 Å². The highest BCUT2D eigenvalue weighted by molar-refractivity contribution is 6.09. The Labute approximate surface area is 138 Å². The zero-order valence-corrected chi connectivity index (χ0v) is 13.2. The Balaban J connectivity index is 1.66. The lowest BCUT2D eigenvalue weighted by atomic mass is 9.92. The van der Waals surface area contributed by atoms with E-state index >= 15 is 0 Å². The fraction of sp³-hybridized carbons (Fsp3) is 0.529. The Bertz CT molecular complexity index is 653. The first-order valence-corrected chi connectivity index (χ1v) is 8.22. The third-order valence-corrected chi connectivity index (χ3v) is 4.79. The van der Waals surface area contributed by atoms with Crippen molar-refractivity contribution in [2.24, 2.45) is 5.92 Å². The molecule has 0 radical (unpaired) electrons. The van der Waals surface area contributed by atoms with Gasteiger partial charge in [-0.05, 0) is 31.4 Å². The number of aliphatic hydroxyl groups excluding tert-OH is 1. The molecule has 0 bridgehead atoms. The molecule has 1 aromatic rings. The summed E-state index contributed by atoms with van der Waals surface area (Å²) in [5, 5.41) is 12.7. The number of amides is 2. The van der Waals surface area contributed by atoms with Gasteiger partial charge < -0.3 is 15.3 Å². The van der Waals surface area contributed by atoms with Crippen molar-refractivity contribution in [3.05, 3.63) is 29.8 Å². The predicted octanol–water partition coefficient (Wildman–Crippen LogP) is 1.74. The summed E-state index contributed by atoms with van der Waals surface area (Å²) in [5.41, 5.74) is 0.243. The van der Waals surface area contributed by atoms with Crippen LogP contribution in [0.4, 0.5) is 14.5 Å². The number of aliphatic hydroxyl groups is 1. The molecule has 130 valence electrons. The van der Waals surface area contributed by atoms with Gasteiger partial charge in [0.1, 0.15) is 5.92 Å². The number of rotatable bonds is 3. The van der Waals surface area contributed by atoms with Gasteiger partial charge in [-0.15, -0.1) is 0 Å². The highest BCUT2D eigenvalue weighted by Gasteiger charge is 2.39.